The average molecular weight is 380 g/mol. The number of anilines is 2. The fourth-order valence-corrected chi connectivity index (χ4v) is 2.53. The normalized spacial score (nSPS) is 10.4. The summed E-state index contributed by atoms with van der Waals surface area (Å²) in [6.45, 7) is 1.43. The molecule has 0 bridgehead atoms. The van der Waals surface area contributed by atoms with Crippen LogP contribution in [0.25, 0.3) is 11.5 Å². The van der Waals surface area contributed by atoms with E-state index in [2.05, 4.69) is 20.8 Å². The van der Waals surface area contributed by atoms with Crippen molar-refractivity contribution in [1.29, 1.82) is 0 Å². The second kappa shape index (κ2) is 8.81. The van der Waals surface area contributed by atoms with Gasteiger partial charge < -0.3 is 19.8 Å². The number of rotatable bonds is 7. The lowest BCUT2D eigenvalue weighted by atomic mass is 10.2. The van der Waals surface area contributed by atoms with Crippen LogP contribution in [0.3, 0.4) is 0 Å². The number of hydrogen-bond donors (Lipinski definition) is 2. The summed E-state index contributed by atoms with van der Waals surface area (Å²) >= 11 is 0. The maximum Gasteiger partial charge on any atom is 0.247 e. The highest BCUT2D eigenvalue weighted by molar-refractivity contribution is 5.93. The number of methoxy groups -OCH3 is 1. The van der Waals surface area contributed by atoms with Crippen LogP contribution in [0, 0.1) is 0 Å². The molecule has 0 saturated heterocycles. The third kappa shape index (κ3) is 5.16. The first-order valence-corrected chi connectivity index (χ1v) is 8.68. The predicted molar refractivity (Wildman–Crippen MR) is 104 cm³/mol. The lowest BCUT2D eigenvalue weighted by Gasteiger charge is -2.07. The lowest BCUT2D eigenvalue weighted by Crippen LogP contribution is -2.13. The number of aryl methyl sites for hydroxylation is 1. The first kappa shape index (κ1) is 19.1. The van der Waals surface area contributed by atoms with Crippen molar-refractivity contribution < 1.29 is 18.7 Å². The van der Waals surface area contributed by atoms with E-state index in [1.165, 1.54) is 6.92 Å². The van der Waals surface area contributed by atoms with Crippen molar-refractivity contribution in [2.75, 3.05) is 17.7 Å². The van der Waals surface area contributed by atoms with Crippen molar-refractivity contribution in [2.45, 2.75) is 19.8 Å². The topological polar surface area (TPSA) is 106 Å². The zero-order chi connectivity index (χ0) is 19.9. The second-order valence-electron chi connectivity index (χ2n) is 6.04. The zero-order valence-corrected chi connectivity index (χ0v) is 15.6. The van der Waals surface area contributed by atoms with Crippen LogP contribution < -0.4 is 15.4 Å². The Labute approximate surface area is 161 Å². The van der Waals surface area contributed by atoms with E-state index in [0.29, 0.717) is 29.6 Å². The van der Waals surface area contributed by atoms with Crippen molar-refractivity contribution in [1.82, 2.24) is 10.2 Å². The van der Waals surface area contributed by atoms with Gasteiger partial charge in [-0.25, -0.2) is 0 Å². The molecule has 144 valence electrons. The minimum absolute atomic E-state index is 0.174. The second-order valence-corrected chi connectivity index (χ2v) is 6.04. The van der Waals surface area contributed by atoms with Crippen molar-refractivity contribution >= 4 is 23.2 Å². The van der Waals surface area contributed by atoms with Gasteiger partial charge in [-0.05, 0) is 42.5 Å². The largest absolute Gasteiger partial charge is 0.497 e. The van der Waals surface area contributed by atoms with Gasteiger partial charge in [0, 0.05) is 36.7 Å². The van der Waals surface area contributed by atoms with Gasteiger partial charge in [-0.2, -0.15) is 0 Å². The Morgan fingerprint density at radius 2 is 1.75 bits per heavy atom. The third-order valence-corrected chi connectivity index (χ3v) is 3.84. The molecule has 0 aliphatic heterocycles. The third-order valence-electron chi connectivity index (χ3n) is 3.84. The Hall–Kier alpha value is -3.68. The Kier molecular flexibility index (Phi) is 6.01. The molecule has 8 heteroatoms. The van der Waals surface area contributed by atoms with Crippen molar-refractivity contribution in [3.05, 3.63) is 54.4 Å². The van der Waals surface area contributed by atoms with Gasteiger partial charge in [0.15, 0.2) is 0 Å². The number of ether oxygens (including phenoxy) is 1. The van der Waals surface area contributed by atoms with E-state index in [9.17, 15) is 9.59 Å². The van der Waals surface area contributed by atoms with Gasteiger partial charge in [0.2, 0.25) is 23.6 Å². The quantitative estimate of drug-likeness (QED) is 0.651. The molecule has 2 aromatic carbocycles. The summed E-state index contributed by atoms with van der Waals surface area (Å²) < 4.78 is 10.7. The highest BCUT2D eigenvalue weighted by atomic mass is 16.5. The van der Waals surface area contributed by atoms with E-state index in [4.69, 9.17) is 9.15 Å². The van der Waals surface area contributed by atoms with Gasteiger partial charge in [0.1, 0.15) is 5.75 Å². The highest BCUT2D eigenvalue weighted by Gasteiger charge is 2.11. The molecule has 2 N–H and O–H groups in total. The van der Waals surface area contributed by atoms with E-state index in [1.807, 2.05) is 24.3 Å². The summed E-state index contributed by atoms with van der Waals surface area (Å²) in [5.41, 5.74) is 1.99. The Morgan fingerprint density at radius 3 is 2.43 bits per heavy atom. The van der Waals surface area contributed by atoms with Crippen LogP contribution in [-0.4, -0.2) is 29.1 Å². The molecule has 8 nitrogen and oxygen atoms in total. The molecule has 0 fully saturated rings. The maximum atomic E-state index is 12.2. The number of benzene rings is 2. The summed E-state index contributed by atoms with van der Waals surface area (Å²) in [4.78, 5) is 23.3. The molecule has 2 amide bonds. The average Bonchev–Trinajstić information content (AvgIpc) is 3.15. The molecule has 1 heterocycles. The molecule has 1 aromatic heterocycles. The molecule has 0 radical (unpaired) electrons. The highest BCUT2D eigenvalue weighted by Crippen LogP contribution is 2.21. The van der Waals surface area contributed by atoms with Crippen LogP contribution in [0.1, 0.15) is 19.2 Å². The summed E-state index contributed by atoms with van der Waals surface area (Å²) in [5.74, 6) is 1.15. The van der Waals surface area contributed by atoms with E-state index >= 15 is 0 Å². The van der Waals surface area contributed by atoms with Crippen LogP contribution in [-0.2, 0) is 16.0 Å². The van der Waals surface area contributed by atoms with Crippen molar-refractivity contribution in [2.24, 2.45) is 0 Å². The van der Waals surface area contributed by atoms with Crippen LogP contribution in [0.15, 0.2) is 52.9 Å². The number of aromatic nitrogens is 2. The summed E-state index contributed by atoms with van der Waals surface area (Å²) in [7, 11) is 1.60. The van der Waals surface area contributed by atoms with Crippen LogP contribution >= 0.6 is 0 Å². The van der Waals surface area contributed by atoms with E-state index in [1.54, 1.807) is 31.4 Å². The number of carbonyl (C=O) groups is 2. The molecule has 0 spiro atoms. The van der Waals surface area contributed by atoms with Crippen LogP contribution in [0.4, 0.5) is 11.4 Å². The Bertz CT molecular complexity index is 966. The van der Waals surface area contributed by atoms with Gasteiger partial charge >= 0.3 is 0 Å². The van der Waals surface area contributed by atoms with Gasteiger partial charge in [-0.3, -0.25) is 9.59 Å². The molecule has 0 aliphatic rings. The monoisotopic (exact) mass is 380 g/mol. The molecule has 0 saturated carbocycles. The van der Waals surface area contributed by atoms with Gasteiger partial charge in [0.05, 0.1) is 7.11 Å². The summed E-state index contributed by atoms with van der Waals surface area (Å²) in [5, 5.41) is 13.5. The van der Waals surface area contributed by atoms with E-state index in [0.717, 1.165) is 11.3 Å². The van der Waals surface area contributed by atoms with Gasteiger partial charge in [-0.15, -0.1) is 10.2 Å². The van der Waals surface area contributed by atoms with Crippen molar-refractivity contribution in [3.8, 4) is 17.2 Å². The number of nitrogens with one attached hydrogen (secondary N) is 2. The number of hydrogen-bond acceptors (Lipinski definition) is 6. The molecule has 3 rings (SSSR count). The number of nitrogens with zero attached hydrogens (tertiary/aromatic N) is 2. The lowest BCUT2D eigenvalue weighted by molar-refractivity contribution is -0.116. The molecule has 0 aliphatic carbocycles. The summed E-state index contributed by atoms with van der Waals surface area (Å²) in [6, 6.07) is 14.2. The minimum Gasteiger partial charge on any atom is -0.497 e. The number of carbonyl (C=O) groups excluding carboxylic acids is 2. The fraction of sp³-hybridized carbons (Fsp3) is 0.200. The van der Waals surface area contributed by atoms with Crippen molar-refractivity contribution in [3.63, 3.8) is 0 Å². The smallest absolute Gasteiger partial charge is 0.247 e. The van der Waals surface area contributed by atoms with Gasteiger partial charge in [-0.1, -0.05) is 6.07 Å². The number of amides is 2. The first-order chi connectivity index (χ1) is 13.5. The summed E-state index contributed by atoms with van der Waals surface area (Å²) in [6.07, 6.45) is 0.509. The molecule has 0 atom stereocenters. The first-order valence-electron chi connectivity index (χ1n) is 8.68. The molecule has 0 unspecified atom stereocenters. The van der Waals surface area contributed by atoms with E-state index in [-0.39, 0.29) is 18.2 Å². The minimum atomic E-state index is -0.191. The fourth-order valence-electron chi connectivity index (χ4n) is 2.53. The molecule has 3 aromatic rings. The van der Waals surface area contributed by atoms with Gasteiger partial charge in [0.25, 0.3) is 0 Å². The Morgan fingerprint density at radius 1 is 1.04 bits per heavy atom. The molecular formula is C20H20N4O4. The standard InChI is InChI=1S/C20H20N4O4/c1-13(25)21-15-4-3-5-16(12-15)22-18(26)10-11-19-23-24-20(28-19)14-6-8-17(27-2)9-7-14/h3-9,12H,10-11H2,1-2H3,(H,21,25)(H,22,26). The maximum absolute atomic E-state index is 12.2. The molecular weight excluding hydrogens is 360 g/mol. The van der Waals surface area contributed by atoms with Crippen LogP contribution in [0.5, 0.6) is 5.75 Å². The van der Waals surface area contributed by atoms with Crippen LogP contribution in [0.2, 0.25) is 0 Å². The zero-order valence-electron chi connectivity index (χ0n) is 15.6. The predicted octanol–water partition coefficient (Wildman–Crippen LogP) is 3.27. The SMILES string of the molecule is COc1ccc(-c2nnc(CCC(=O)Nc3cccc(NC(C)=O)c3)o2)cc1. The van der Waals surface area contributed by atoms with E-state index < -0.39 is 0 Å². The molecule has 28 heavy (non-hydrogen) atoms. The Balaban J connectivity index is 1.55.